The second kappa shape index (κ2) is 7.03. The summed E-state index contributed by atoms with van der Waals surface area (Å²) >= 11 is 1.28. The van der Waals surface area contributed by atoms with Gasteiger partial charge in [-0.25, -0.2) is 0 Å². The predicted octanol–water partition coefficient (Wildman–Crippen LogP) is 2.01. The molecule has 0 spiro atoms. The summed E-state index contributed by atoms with van der Waals surface area (Å²) in [5, 5.41) is 7.59. The van der Waals surface area contributed by atoms with Crippen molar-refractivity contribution in [2.45, 2.75) is 34.6 Å². The maximum atomic E-state index is 12.4. The fourth-order valence-corrected chi connectivity index (χ4v) is 3.25. The minimum absolute atomic E-state index is 0.0749. The van der Waals surface area contributed by atoms with Gasteiger partial charge in [-0.1, -0.05) is 32.5 Å². The number of anilines is 1. The summed E-state index contributed by atoms with van der Waals surface area (Å²) in [6.45, 7) is 9.01. The van der Waals surface area contributed by atoms with E-state index in [2.05, 4.69) is 10.4 Å². The van der Waals surface area contributed by atoms with Crippen LogP contribution in [0.15, 0.2) is 11.1 Å². The van der Waals surface area contributed by atoms with E-state index in [1.54, 1.807) is 11.7 Å². The Morgan fingerprint density at radius 3 is 2.48 bits per heavy atom. The Labute approximate surface area is 151 Å². The zero-order chi connectivity index (χ0) is 18.9. The summed E-state index contributed by atoms with van der Waals surface area (Å²) in [7, 11) is 1.80. The quantitative estimate of drug-likeness (QED) is 0.826. The summed E-state index contributed by atoms with van der Waals surface area (Å²) in [6.07, 6.45) is 1.46. The number of hydrogen-bond donors (Lipinski definition) is 1. The van der Waals surface area contributed by atoms with Crippen LogP contribution in [-0.2, 0) is 21.4 Å². The molecular formula is C17H24N4O3S. The largest absolute Gasteiger partial charge is 0.321 e. The molecule has 136 valence electrons. The average molecular weight is 364 g/mol. The van der Waals surface area contributed by atoms with Gasteiger partial charge in [-0.05, 0) is 13.8 Å². The standard InChI is InChI=1S/C17H24N4O3S/c1-10-16(11(2)20(6)19-10)18-13(23)8-21-14(24)9-25-15(21)7-12(22)17(3,4)5/h7H,8-9H2,1-6H3,(H,18,23)/b15-7-. The van der Waals surface area contributed by atoms with Gasteiger partial charge in [0, 0.05) is 18.5 Å². The van der Waals surface area contributed by atoms with Gasteiger partial charge < -0.3 is 5.32 Å². The summed E-state index contributed by atoms with van der Waals surface area (Å²) in [5.41, 5.74) is 1.68. The molecule has 1 N–H and O–H groups in total. The van der Waals surface area contributed by atoms with Crippen LogP contribution in [0.2, 0.25) is 0 Å². The van der Waals surface area contributed by atoms with Crippen LogP contribution in [0.25, 0.3) is 0 Å². The van der Waals surface area contributed by atoms with Gasteiger partial charge in [0.15, 0.2) is 5.78 Å². The zero-order valence-corrected chi connectivity index (χ0v) is 16.3. The monoisotopic (exact) mass is 364 g/mol. The van der Waals surface area contributed by atoms with Crippen molar-refractivity contribution < 1.29 is 14.4 Å². The highest BCUT2D eigenvalue weighted by molar-refractivity contribution is 8.04. The highest BCUT2D eigenvalue weighted by Crippen LogP contribution is 2.30. The number of hydrogen-bond acceptors (Lipinski definition) is 5. The average Bonchev–Trinajstić information content (AvgIpc) is 2.94. The Morgan fingerprint density at radius 2 is 1.96 bits per heavy atom. The third-order valence-electron chi connectivity index (χ3n) is 3.98. The van der Waals surface area contributed by atoms with E-state index in [1.165, 1.54) is 22.7 Å². The van der Waals surface area contributed by atoms with Gasteiger partial charge in [-0.15, -0.1) is 0 Å². The molecule has 1 saturated heterocycles. The number of ketones is 1. The first-order valence-corrected chi connectivity index (χ1v) is 8.98. The van der Waals surface area contributed by atoms with Gasteiger partial charge in [-0.3, -0.25) is 24.0 Å². The molecule has 25 heavy (non-hydrogen) atoms. The van der Waals surface area contributed by atoms with Crippen molar-refractivity contribution in [2.24, 2.45) is 12.5 Å². The molecule has 0 aromatic carbocycles. The predicted molar refractivity (Wildman–Crippen MR) is 98.0 cm³/mol. The Hall–Kier alpha value is -2.09. The Balaban J connectivity index is 2.13. The van der Waals surface area contributed by atoms with E-state index in [0.717, 1.165) is 5.69 Å². The first-order valence-electron chi connectivity index (χ1n) is 8.00. The number of allylic oxidation sites excluding steroid dienone is 1. The number of carbonyl (C=O) groups excluding carboxylic acids is 3. The summed E-state index contributed by atoms with van der Waals surface area (Å²) in [5.74, 6) is -0.326. The molecule has 0 aliphatic carbocycles. The number of amides is 2. The topological polar surface area (TPSA) is 84.3 Å². The van der Waals surface area contributed by atoms with Crippen molar-refractivity contribution in [2.75, 3.05) is 17.6 Å². The summed E-state index contributed by atoms with van der Waals surface area (Å²) in [4.78, 5) is 38.1. The second-order valence-corrected chi connectivity index (χ2v) is 8.08. The van der Waals surface area contributed by atoms with Gasteiger partial charge in [0.05, 0.1) is 27.9 Å². The van der Waals surface area contributed by atoms with E-state index in [9.17, 15) is 14.4 Å². The Kier molecular flexibility index (Phi) is 5.41. The van der Waals surface area contributed by atoms with Crippen molar-refractivity contribution in [1.82, 2.24) is 14.7 Å². The summed E-state index contributed by atoms with van der Waals surface area (Å²) < 4.78 is 1.69. The van der Waals surface area contributed by atoms with Gasteiger partial charge in [0.1, 0.15) is 6.54 Å². The summed E-state index contributed by atoms with van der Waals surface area (Å²) in [6, 6.07) is 0. The molecule has 1 aromatic rings. The van der Waals surface area contributed by atoms with Gasteiger partial charge in [-0.2, -0.15) is 5.10 Å². The van der Waals surface area contributed by atoms with Crippen molar-refractivity contribution in [3.63, 3.8) is 0 Å². The van der Waals surface area contributed by atoms with Gasteiger partial charge in [0.25, 0.3) is 0 Å². The van der Waals surface area contributed by atoms with E-state index in [-0.39, 0.29) is 29.9 Å². The van der Waals surface area contributed by atoms with Crippen LogP contribution in [0.3, 0.4) is 0 Å². The Bertz CT molecular complexity index is 759. The normalized spacial score (nSPS) is 16.6. The maximum Gasteiger partial charge on any atom is 0.244 e. The minimum Gasteiger partial charge on any atom is -0.321 e. The number of rotatable bonds is 4. The fourth-order valence-electron chi connectivity index (χ4n) is 2.31. The third kappa shape index (κ3) is 4.31. The lowest BCUT2D eigenvalue weighted by molar-refractivity contribution is -0.129. The van der Waals surface area contributed by atoms with Crippen LogP contribution >= 0.6 is 11.8 Å². The Morgan fingerprint density at radius 1 is 1.32 bits per heavy atom. The van der Waals surface area contributed by atoms with Crippen molar-refractivity contribution >= 4 is 35.0 Å². The number of thioether (sulfide) groups is 1. The molecule has 2 amide bonds. The molecule has 2 rings (SSSR count). The molecule has 1 aliphatic rings. The molecule has 0 atom stereocenters. The molecule has 0 radical (unpaired) electrons. The van der Waals surface area contributed by atoms with Crippen molar-refractivity contribution in [3.8, 4) is 0 Å². The maximum absolute atomic E-state index is 12.4. The lowest BCUT2D eigenvalue weighted by Gasteiger charge is -2.19. The highest BCUT2D eigenvalue weighted by Gasteiger charge is 2.31. The first kappa shape index (κ1) is 19.2. The van der Waals surface area contributed by atoms with Crippen LogP contribution in [0.1, 0.15) is 32.2 Å². The lowest BCUT2D eigenvalue weighted by atomic mass is 9.91. The number of carbonyl (C=O) groups is 3. The molecule has 0 bridgehead atoms. The van der Waals surface area contributed by atoms with Crippen LogP contribution in [-0.4, -0.2) is 44.6 Å². The molecule has 1 aromatic heterocycles. The van der Waals surface area contributed by atoms with E-state index < -0.39 is 5.41 Å². The molecular weight excluding hydrogens is 340 g/mol. The second-order valence-electron chi connectivity index (χ2n) is 7.08. The molecule has 2 heterocycles. The minimum atomic E-state index is -0.531. The molecule has 7 nitrogen and oxygen atoms in total. The lowest BCUT2D eigenvalue weighted by Crippen LogP contribution is -2.34. The van der Waals surface area contributed by atoms with Crippen LogP contribution < -0.4 is 5.32 Å². The van der Waals surface area contributed by atoms with Crippen LogP contribution in [0, 0.1) is 19.3 Å². The van der Waals surface area contributed by atoms with Gasteiger partial charge in [0.2, 0.25) is 11.8 Å². The van der Waals surface area contributed by atoms with E-state index in [4.69, 9.17) is 0 Å². The molecule has 0 unspecified atom stereocenters. The molecule has 0 saturated carbocycles. The number of aromatic nitrogens is 2. The SMILES string of the molecule is Cc1nn(C)c(C)c1NC(=O)CN1C(=O)CS/C1=C\C(=O)C(C)(C)C. The molecule has 1 aliphatic heterocycles. The molecule has 1 fully saturated rings. The fraction of sp³-hybridized carbons (Fsp3) is 0.529. The van der Waals surface area contributed by atoms with Gasteiger partial charge >= 0.3 is 0 Å². The van der Waals surface area contributed by atoms with E-state index in [1.807, 2.05) is 34.6 Å². The van der Waals surface area contributed by atoms with Crippen molar-refractivity contribution in [1.29, 1.82) is 0 Å². The van der Waals surface area contributed by atoms with Crippen molar-refractivity contribution in [3.05, 3.63) is 22.5 Å². The number of nitrogens with one attached hydrogen (secondary N) is 1. The van der Waals surface area contributed by atoms with Crippen LogP contribution in [0.4, 0.5) is 5.69 Å². The van der Waals surface area contributed by atoms with E-state index in [0.29, 0.717) is 16.4 Å². The van der Waals surface area contributed by atoms with E-state index >= 15 is 0 Å². The third-order valence-corrected chi connectivity index (χ3v) is 5.00. The number of aryl methyl sites for hydroxylation is 2. The molecule has 8 heteroatoms. The highest BCUT2D eigenvalue weighted by atomic mass is 32.2. The first-order chi connectivity index (χ1) is 11.5. The smallest absolute Gasteiger partial charge is 0.244 e. The zero-order valence-electron chi connectivity index (χ0n) is 15.5. The number of nitrogens with zero attached hydrogens (tertiary/aromatic N) is 3. The van der Waals surface area contributed by atoms with Crippen LogP contribution in [0.5, 0.6) is 0 Å².